The van der Waals surface area contributed by atoms with E-state index < -0.39 is 267 Å². The van der Waals surface area contributed by atoms with E-state index in [2.05, 4.69) is 67.8 Å². The molecule has 3 aliphatic heterocycles. The average molecular weight is 1880 g/mol. The number of carboxylic acids is 2. The molecule has 15 amide bonds. The van der Waals surface area contributed by atoms with Gasteiger partial charge in [0.1, 0.15) is 78.3 Å². The number of phenolic OH excluding ortho intramolecular Hbond substituents is 1. The number of carboxylic acid groups (broad SMARTS) is 2. The van der Waals surface area contributed by atoms with Crippen LogP contribution in [0.3, 0.4) is 0 Å². The third kappa shape index (κ3) is 28.6. The number of nitrogens with two attached hydrogens (primary N) is 2. The quantitative estimate of drug-likeness (QED) is 0.0281. The second-order valence-electron chi connectivity index (χ2n) is 33.9. The summed E-state index contributed by atoms with van der Waals surface area (Å²) in [7, 11) is 3.83. The van der Waals surface area contributed by atoms with Gasteiger partial charge in [-0.1, -0.05) is 88.1 Å². The molecular formula is C90H122N20O23S. The molecule has 15 atom stereocenters. The number of unbranched alkanes of at least 4 members (excludes halogenated alkanes) is 2. The van der Waals surface area contributed by atoms with E-state index in [1.165, 1.54) is 69.8 Å². The van der Waals surface area contributed by atoms with Gasteiger partial charge in [0.25, 0.3) is 0 Å². The third-order valence-electron chi connectivity index (χ3n) is 24.3. The van der Waals surface area contributed by atoms with Gasteiger partial charge in [-0.05, 0) is 106 Å². The van der Waals surface area contributed by atoms with Gasteiger partial charge in [-0.2, -0.15) is 0 Å². The Bertz CT molecular complexity index is 5190. The van der Waals surface area contributed by atoms with Crippen LogP contribution in [0.4, 0.5) is 0 Å². The predicted molar refractivity (Wildman–Crippen MR) is 486 cm³/mol. The summed E-state index contributed by atoms with van der Waals surface area (Å²) in [6.07, 6.45) is 0.630. The number of nitrogens with one attached hydrogen (secondary N) is 12. The Kier molecular flexibility index (Phi) is 38.9. The van der Waals surface area contributed by atoms with Crippen molar-refractivity contribution in [1.82, 2.24) is 92.3 Å². The number of carbonyl (C=O) groups is 18. The van der Waals surface area contributed by atoms with Crippen LogP contribution < -0.4 is 59.3 Å². The number of aliphatic carboxylic acids is 2. The minimum atomic E-state index is -1.90. The number of phenols is 1. The molecule has 3 saturated heterocycles. The van der Waals surface area contributed by atoms with Crippen LogP contribution in [-0.4, -0.2) is 326 Å². The van der Waals surface area contributed by atoms with Gasteiger partial charge in [-0.15, -0.1) is 11.8 Å². The SMILES string of the molecule is CCCC[C@H]1C(=O)N(C)[C@@H](CCCC)C(=O)N[C@@H](CCC(=O)O)C(=O)N[C@H](C(=O)NCC(N)=O)CSCC(=O)N[C@@H](Cc2ccc(O)cc2)C(=O)N(C)[C@@H](C)C(=O)N[C@@H](CCN)C(=O)N2CCC[C@H]2C(=O)N[C@@H](Cc2c[nH]cn2)C(=O)N[C@@H](CCC(=O)O)C(=O)N2C[C@H](O)C[C@H]2C(=O)C[C@@H](Cc2c[nH]c3ccccc23)C(=O)N[C@@H](CO)C(=O)N[C@@H](Cc2c[nH]c3ccccc23)C(=O)N1C. The first-order valence-electron chi connectivity index (χ1n) is 44.7. The topological polar surface area (TPSA) is 645 Å². The van der Waals surface area contributed by atoms with Crippen LogP contribution in [0.15, 0.2) is 97.7 Å². The van der Waals surface area contributed by atoms with E-state index in [4.69, 9.17) is 11.5 Å². The van der Waals surface area contributed by atoms with Crippen LogP contribution in [0.5, 0.6) is 5.75 Å². The third-order valence-corrected chi connectivity index (χ3v) is 25.3. The number of para-hydroxylation sites is 2. The van der Waals surface area contributed by atoms with Gasteiger partial charge in [0.05, 0.1) is 43.1 Å². The summed E-state index contributed by atoms with van der Waals surface area (Å²) in [6.45, 7) is 2.21. The normalized spacial score (nSPS) is 24.9. The molecule has 726 valence electrons. The van der Waals surface area contributed by atoms with Crippen molar-refractivity contribution in [3.05, 3.63) is 120 Å². The number of H-pyrrole nitrogens is 3. The number of aliphatic hydroxyl groups excluding tert-OH is 2. The first-order valence-corrected chi connectivity index (χ1v) is 45.9. The number of hydrogen-bond donors (Lipinski definition) is 19. The Labute approximate surface area is 776 Å². The fourth-order valence-corrected chi connectivity index (χ4v) is 17.5. The van der Waals surface area contributed by atoms with Crippen LogP contribution in [0.2, 0.25) is 0 Å². The second-order valence-corrected chi connectivity index (χ2v) is 35.0. The molecule has 0 unspecified atom stereocenters. The molecule has 44 heteroatoms. The van der Waals surface area contributed by atoms with Gasteiger partial charge in [-0.25, -0.2) is 4.98 Å². The van der Waals surface area contributed by atoms with Crippen molar-refractivity contribution in [3.63, 3.8) is 0 Å². The molecule has 0 saturated carbocycles. The van der Waals surface area contributed by atoms with E-state index in [1.807, 2.05) is 6.92 Å². The smallest absolute Gasteiger partial charge is 0.303 e. The van der Waals surface area contributed by atoms with E-state index >= 15 is 38.4 Å². The number of thioether (sulfide) groups is 1. The van der Waals surface area contributed by atoms with Crippen molar-refractivity contribution < 1.29 is 112 Å². The summed E-state index contributed by atoms with van der Waals surface area (Å²) < 4.78 is 0. The summed E-state index contributed by atoms with van der Waals surface area (Å²) in [5.41, 5.74) is 14.3. The number of primary amides is 1. The molecule has 21 N–H and O–H groups in total. The number of hydrogen-bond acceptors (Lipinski definition) is 24. The van der Waals surface area contributed by atoms with E-state index in [0.29, 0.717) is 57.8 Å². The summed E-state index contributed by atoms with van der Waals surface area (Å²) in [4.78, 5) is 280. The van der Waals surface area contributed by atoms with E-state index in [0.717, 1.165) is 31.4 Å². The maximum absolute atomic E-state index is 15.7. The Hall–Kier alpha value is -13.4. The molecule has 9 rings (SSSR count). The number of aliphatic hydroxyl groups is 2. The fourth-order valence-electron chi connectivity index (χ4n) is 16.7. The number of aromatic amines is 3. The van der Waals surface area contributed by atoms with Crippen molar-refractivity contribution in [3.8, 4) is 5.75 Å². The van der Waals surface area contributed by atoms with Crippen molar-refractivity contribution in [2.24, 2.45) is 17.4 Å². The summed E-state index contributed by atoms with van der Waals surface area (Å²) in [5, 5.41) is 77.4. The van der Waals surface area contributed by atoms with Gasteiger partial charge in [0, 0.05) is 131 Å². The first kappa shape index (κ1) is 104. The number of carbonyl (C=O) groups excluding carboxylic acids is 16. The highest BCUT2D eigenvalue weighted by Crippen LogP contribution is 2.30. The number of aromatic hydroxyl groups is 1. The molecule has 6 heterocycles. The second kappa shape index (κ2) is 49.9. The lowest BCUT2D eigenvalue weighted by Crippen LogP contribution is -2.61. The average Bonchev–Trinajstić information content (AvgIpc) is 1.65. The summed E-state index contributed by atoms with van der Waals surface area (Å²) in [5.74, 6) is -20.9. The number of rotatable bonds is 26. The van der Waals surface area contributed by atoms with Crippen LogP contribution in [0.1, 0.15) is 139 Å². The lowest BCUT2D eigenvalue weighted by Gasteiger charge is -2.36. The molecule has 0 aliphatic carbocycles. The monoisotopic (exact) mass is 1880 g/mol. The Morgan fingerprint density at radius 1 is 0.552 bits per heavy atom. The van der Waals surface area contributed by atoms with Crippen molar-refractivity contribution >= 4 is 140 Å². The van der Waals surface area contributed by atoms with Gasteiger partial charge >= 0.3 is 11.9 Å². The van der Waals surface area contributed by atoms with Crippen LogP contribution in [0, 0.1) is 5.92 Å². The molecule has 0 bridgehead atoms. The molecule has 0 spiro atoms. The zero-order valence-corrected chi connectivity index (χ0v) is 76.4. The predicted octanol–water partition coefficient (Wildman–Crippen LogP) is -1.94. The summed E-state index contributed by atoms with van der Waals surface area (Å²) >= 11 is 0.721. The number of amides is 15. The number of Topliss-reactive ketones (excluding diaryl/α,β-unsaturated/α-hetero) is 1. The first-order chi connectivity index (χ1) is 63.9. The molecule has 3 aromatic carbocycles. The number of ketones is 1. The minimum Gasteiger partial charge on any atom is -0.508 e. The largest absolute Gasteiger partial charge is 0.508 e. The molecule has 6 aromatic rings. The molecule has 3 fully saturated rings. The van der Waals surface area contributed by atoms with Crippen molar-refractivity contribution in [2.45, 2.75) is 227 Å². The molecular weight excluding hydrogens is 1760 g/mol. The number of imidazole rings is 1. The number of fused-ring (bicyclic) bond motifs is 4. The van der Waals surface area contributed by atoms with E-state index in [-0.39, 0.29) is 88.7 Å². The van der Waals surface area contributed by atoms with Gasteiger partial charge in [-0.3, -0.25) is 86.3 Å². The standard InChI is InChI=1S/C90H122N20O23S/c1-7-9-20-69-84(127)99-61(27-29-76(117)118)81(124)105-68(80(123)96-43-74(92)115)46-134-47-75(116)98-65(34-50-23-25-55(112)26-24-50)86(129)106(4)49(3)78(121)100-63(31-32-91)88(131)109-33-15-22-70(109)85(128)102-64(38-54-42-93-48-97-54)82(125)101-62(28-30-77(119)120)89(132)110-44-56(113)39-72(110)73(114)37-51(35-52-40-94-59-18-13-11-16-57(52)59)79(122)104-67(45-111)83(126)103-66(36-53-41-95-60-19-14-12-17-58(53)60)87(130)108(6)71(21-10-8-2)90(133)107(69)5/h11-14,16-19,23-26,40-42,48-49,51,56,61-72,94-95,111-113H,7-10,15,20-22,27-39,43-47,91H2,1-6H3,(H2,92,115)(H,93,97)(H,96,123)(H,98,116)(H,99,127)(H,100,121)(H,101,125)(H,102,128)(H,103,126)(H,104,122)(H,105,124)(H,117,118)(H,119,120)/t49-,51+,56+,61-,62-,63-,64-,65-,66-,67-,68-,69-,70-,71-,72-/m0/s1. The molecule has 134 heavy (non-hydrogen) atoms. The van der Waals surface area contributed by atoms with Crippen LogP contribution >= 0.6 is 11.8 Å². The Morgan fingerprint density at radius 2 is 1.10 bits per heavy atom. The fraction of sp³-hybridized carbons (Fsp3) is 0.522. The Morgan fingerprint density at radius 3 is 1.71 bits per heavy atom. The highest BCUT2D eigenvalue weighted by atomic mass is 32.2. The maximum Gasteiger partial charge on any atom is 0.303 e. The maximum atomic E-state index is 15.7. The highest BCUT2D eigenvalue weighted by Gasteiger charge is 2.47. The van der Waals surface area contributed by atoms with Crippen LogP contribution in [-0.2, 0) is 112 Å². The highest BCUT2D eigenvalue weighted by molar-refractivity contribution is 8.00. The van der Waals surface area contributed by atoms with E-state index in [9.17, 15) is 73.5 Å². The van der Waals surface area contributed by atoms with Gasteiger partial charge in [0.2, 0.25) is 88.6 Å². The zero-order valence-electron chi connectivity index (χ0n) is 75.6. The number of likely N-dealkylation sites (N-methyl/N-ethyl adjacent to an activating group) is 3. The lowest BCUT2D eigenvalue weighted by molar-refractivity contribution is -0.149. The minimum absolute atomic E-state index is 0.00298. The number of aromatic nitrogens is 4. The van der Waals surface area contributed by atoms with Crippen molar-refractivity contribution in [2.75, 3.05) is 65.4 Å². The van der Waals surface area contributed by atoms with Gasteiger partial charge < -0.3 is 124 Å². The van der Waals surface area contributed by atoms with Crippen molar-refractivity contribution in [1.29, 1.82) is 0 Å². The van der Waals surface area contributed by atoms with Crippen LogP contribution in [0.25, 0.3) is 21.8 Å². The molecule has 43 nitrogen and oxygen atoms in total. The Balaban J connectivity index is 1.10. The number of benzene rings is 3. The van der Waals surface area contributed by atoms with Gasteiger partial charge in [0.15, 0.2) is 5.78 Å². The molecule has 0 radical (unpaired) electrons. The summed E-state index contributed by atoms with van der Waals surface area (Å²) in [6, 6.07) is -1.21. The molecule has 3 aromatic heterocycles. The van der Waals surface area contributed by atoms with E-state index in [1.54, 1.807) is 67.8 Å². The number of nitrogens with zero attached hydrogens (tertiary/aromatic N) is 6. The zero-order chi connectivity index (χ0) is 97.7. The lowest BCUT2D eigenvalue weighted by atomic mass is 9.90. The molecule has 3 aliphatic rings.